The maximum atomic E-state index is 13.0. The monoisotopic (exact) mass is 450 g/mol. The van der Waals surface area contributed by atoms with Gasteiger partial charge in [0.2, 0.25) is 0 Å². The highest BCUT2D eigenvalue weighted by Crippen LogP contribution is 2.28. The number of aromatic nitrogens is 1. The Kier molecular flexibility index (Phi) is 5.83. The number of rotatable bonds is 5. The molecule has 3 aromatic carbocycles. The molecule has 0 fully saturated rings. The van der Waals surface area contributed by atoms with Crippen LogP contribution in [0.3, 0.4) is 0 Å². The van der Waals surface area contributed by atoms with Crippen LogP contribution in [0.5, 0.6) is 0 Å². The molecule has 0 aliphatic carbocycles. The van der Waals surface area contributed by atoms with Crippen LogP contribution in [0.1, 0.15) is 26.3 Å². The number of amides is 1. The maximum absolute atomic E-state index is 13.0. The van der Waals surface area contributed by atoms with E-state index in [4.69, 9.17) is 5.11 Å². The van der Waals surface area contributed by atoms with Crippen molar-refractivity contribution in [2.75, 3.05) is 5.32 Å². The average molecular weight is 450 g/mol. The molecule has 1 aromatic heterocycles. The first kappa shape index (κ1) is 22.0. The van der Waals surface area contributed by atoms with Gasteiger partial charge in [0.25, 0.3) is 5.91 Å². The number of fused-ring (bicyclic) bond motifs is 1. The van der Waals surface area contributed by atoms with Crippen LogP contribution in [0.4, 0.5) is 18.9 Å². The van der Waals surface area contributed by atoms with Crippen molar-refractivity contribution in [3.63, 3.8) is 0 Å². The summed E-state index contributed by atoms with van der Waals surface area (Å²) in [6.07, 6.45) is -4.06. The number of benzene rings is 3. The number of carbonyl (C=O) groups is 2. The lowest BCUT2D eigenvalue weighted by Gasteiger charge is -2.12. The van der Waals surface area contributed by atoms with Gasteiger partial charge in [0.05, 0.1) is 17.5 Å². The molecule has 0 bridgehead atoms. The number of alkyl halides is 3. The lowest BCUT2D eigenvalue weighted by molar-refractivity contribution is -0.127. The predicted octanol–water partition coefficient (Wildman–Crippen LogP) is 5.96. The summed E-state index contributed by atoms with van der Waals surface area (Å²) in [5.41, 5.74) is 2.75. The Morgan fingerprint density at radius 2 is 1.67 bits per heavy atom. The molecule has 2 N–H and O–H groups in total. The minimum Gasteiger partial charge on any atom is -0.478 e. The Balaban J connectivity index is 1.58. The van der Waals surface area contributed by atoms with Crippen molar-refractivity contribution in [3.05, 3.63) is 95.7 Å². The Bertz CT molecular complexity index is 1350. The highest BCUT2D eigenvalue weighted by atomic mass is 19.4. The molecule has 4 rings (SSSR count). The molecule has 0 radical (unpaired) electrons. The zero-order valence-electron chi connectivity index (χ0n) is 17.1. The molecule has 33 heavy (non-hydrogen) atoms. The lowest BCUT2D eigenvalue weighted by atomic mass is 9.97. The molecular weight excluding hydrogens is 433 g/mol. The number of nitrogens with zero attached hydrogens (tertiary/aromatic N) is 1. The molecule has 1 amide bonds. The van der Waals surface area contributed by atoms with Crippen LogP contribution in [0.15, 0.2) is 79.0 Å². The van der Waals surface area contributed by atoms with Crippen LogP contribution >= 0.6 is 0 Å². The van der Waals surface area contributed by atoms with Gasteiger partial charge in [0, 0.05) is 22.8 Å². The molecule has 0 aliphatic heterocycles. The standard InChI is InChI=1S/C25H17F3N2O3/c26-25(27,28)13-15-5-7-16(8-6-15)20-3-1-2-4-21(20)23(31)30-19-10-9-17-11-18(24(32)33)14-29-22(17)12-19/h1-12,14H,13H2,(H,30,31)(H,32,33). The molecule has 4 aromatic rings. The van der Waals surface area contributed by atoms with Crippen LogP contribution in [-0.4, -0.2) is 28.1 Å². The van der Waals surface area contributed by atoms with Gasteiger partial charge in [-0.25, -0.2) is 4.79 Å². The molecule has 0 spiro atoms. The van der Waals surface area contributed by atoms with E-state index in [0.29, 0.717) is 33.3 Å². The van der Waals surface area contributed by atoms with E-state index in [1.165, 1.54) is 24.4 Å². The van der Waals surface area contributed by atoms with Gasteiger partial charge in [0.15, 0.2) is 0 Å². The number of carbonyl (C=O) groups excluding carboxylic acids is 1. The zero-order chi connectivity index (χ0) is 23.6. The molecule has 5 nitrogen and oxygen atoms in total. The summed E-state index contributed by atoms with van der Waals surface area (Å²) in [5.74, 6) is -1.48. The maximum Gasteiger partial charge on any atom is 0.393 e. The number of halogens is 3. The van der Waals surface area contributed by atoms with Crippen molar-refractivity contribution < 1.29 is 27.9 Å². The first-order valence-electron chi connectivity index (χ1n) is 9.89. The normalized spacial score (nSPS) is 11.4. The number of hydrogen-bond donors (Lipinski definition) is 2. The number of aromatic carboxylic acids is 1. The average Bonchev–Trinajstić information content (AvgIpc) is 2.78. The van der Waals surface area contributed by atoms with Gasteiger partial charge in [-0.1, -0.05) is 48.5 Å². The molecule has 0 aliphatic rings. The van der Waals surface area contributed by atoms with Crippen LogP contribution in [0.2, 0.25) is 0 Å². The van der Waals surface area contributed by atoms with E-state index < -0.39 is 24.5 Å². The van der Waals surface area contributed by atoms with Gasteiger partial charge < -0.3 is 10.4 Å². The summed E-state index contributed by atoms with van der Waals surface area (Å²) in [5, 5.41) is 12.5. The Morgan fingerprint density at radius 1 is 0.939 bits per heavy atom. The summed E-state index contributed by atoms with van der Waals surface area (Å²) in [6.45, 7) is 0. The van der Waals surface area contributed by atoms with Crippen molar-refractivity contribution in [1.29, 1.82) is 0 Å². The lowest BCUT2D eigenvalue weighted by Crippen LogP contribution is -2.13. The minimum absolute atomic E-state index is 0.0643. The van der Waals surface area contributed by atoms with E-state index in [0.717, 1.165) is 0 Å². The number of hydrogen-bond acceptors (Lipinski definition) is 3. The van der Waals surface area contributed by atoms with Crippen molar-refractivity contribution in [2.24, 2.45) is 0 Å². The van der Waals surface area contributed by atoms with Gasteiger partial charge >= 0.3 is 12.1 Å². The SMILES string of the molecule is O=C(O)c1cnc2cc(NC(=O)c3ccccc3-c3ccc(CC(F)(F)F)cc3)ccc2c1. The number of carboxylic acids is 1. The molecule has 166 valence electrons. The Labute approximate surface area is 186 Å². The Hall–Kier alpha value is -4.20. The fourth-order valence-corrected chi connectivity index (χ4v) is 3.48. The van der Waals surface area contributed by atoms with Crippen LogP contribution in [0.25, 0.3) is 22.0 Å². The quantitative estimate of drug-likeness (QED) is 0.393. The first-order valence-corrected chi connectivity index (χ1v) is 9.89. The van der Waals surface area contributed by atoms with E-state index in [1.54, 1.807) is 54.6 Å². The summed E-state index contributed by atoms with van der Waals surface area (Å²) in [6, 6.07) is 19.2. The van der Waals surface area contributed by atoms with E-state index in [9.17, 15) is 22.8 Å². The summed E-state index contributed by atoms with van der Waals surface area (Å²) in [4.78, 5) is 28.2. The van der Waals surface area contributed by atoms with Crippen LogP contribution < -0.4 is 5.32 Å². The minimum atomic E-state index is -4.29. The molecule has 0 saturated carbocycles. The Morgan fingerprint density at radius 3 is 2.36 bits per heavy atom. The van der Waals surface area contributed by atoms with E-state index in [-0.39, 0.29) is 11.1 Å². The van der Waals surface area contributed by atoms with Gasteiger partial charge in [-0.3, -0.25) is 9.78 Å². The number of nitrogens with one attached hydrogen (secondary N) is 1. The van der Waals surface area contributed by atoms with Crippen molar-refractivity contribution >= 4 is 28.5 Å². The molecule has 1 heterocycles. The highest BCUT2D eigenvalue weighted by Gasteiger charge is 2.27. The third-order valence-electron chi connectivity index (χ3n) is 5.03. The molecule has 8 heteroatoms. The second-order valence-corrected chi connectivity index (χ2v) is 7.43. The molecule has 0 unspecified atom stereocenters. The number of pyridine rings is 1. The highest BCUT2D eigenvalue weighted by molar-refractivity contribution is 6.09. The summed E-state index contributed by atoms with van der Waals surface area (Å²) in [7, 11) is 0. The third-order valence-corrected chi connectivity index (χ3v) is 5.03. The van der Waals surface area contributed by atoms with Gasteiger partial charge in [-0.2, -0.15) is 13.2 Å². The second kappa shape index (κ2) is 8.74. The van der Waals surface area contributed by atoms with E-state index in [1.807, 2.05) is 0 Å². The van der Waals surface area contributed by atoms with E-state index >= 15 is 0 Å². The predicted molar refractivity (Wildman–Crippen MR) is 118 cm³/mol. The first-order chi connectivity index (χ1) is 15.7. The zero-order valence-corrected chi connectivity index (χ0v) is 17.1. The van der Waals surface area contributed by atoms with Crippen molar-refractivity contribution in [2.45, 2.75) is 12.6 Å². The number of anilines is 1. The summed E-state index contributed by atoms with van der Waals surface area (Å²) < 4.78 is 37.8. The molecule has 0 saturated heterocycles. The summed E-state index contributed by atoms with van der Waals surface area (Å²) >= 11 is 0. The fraction of sp³-hybridized carbons (Fsp3) is 0.0800. The number of carboxylic acid groups (broad SMARTS) is 1. The largest absolute Gasteiger partial charge is 0.478 e. The van der Waals surface area contributed by atoms with Crippen LogP contribution in [-0.2, 0) is 6.42 Å². The van der Waals surface area contributed by atoms with E-state index in [2.05, 4.69) is 10.3 Å². The molecular formula is C25H17F3N2O3. The van der Waals surface area contributed by atoms with Gasteiger partial charge in [-0.05, 0) is 41.0 Å². The van der Waals surface area contributed by atoms with Crippen molar-refractivity contribution in [3.8, 4) is 11.1 Å². The van der Waals surface area contributed by atoms with Crippen molar-refractivity contribution in [1.82, 2.24) is 4.98 Å². The third kappa shape index (κ3) is 5.17. The second-order valence-electron chi connectivity index (χ2n) is 7.43. The smallest absolute Gasteiger partial charge is 0.393 e. The van der Waals surface area contributed by atoms with Gasteiger partial charge in [-0.15, -0.1) is 0 Å². The van der Waals surface area contributed by atoms with Crippen LogP contribution in [0, 0.1) is 0 Å². The van der Waals surface area contributed by atoms with Gasteiger partial charge in [0.1, 0.15) is 0 Å². The topological polar surface area (TPSA) is 79.3 Å². The fourth-order valence-electron chi connectivity index (χ4n) is 3.48. The molecule has 0 atom stereocenters.